The van der Waals surface area contributed by atoms with Gasteiger partial charge in [0.15, 0.2) is 0 Å². The molecule has 2 bridgehead atoms. The average Bonchev–Trinajstić information content (AvgIpc) is 2.82. The minimum Gasteiger partial charge on any atom is -0.378 e. The molecular formula is C29H24N2. The molecule has 0 spiro atoms. The van der Waals surface area contributed by atoms with Crippen LogP contribution in [0.15, 0.2) is 96.0 Å². The summed E-state index contributed by atoms with van der Waals surface area (Å²) >= 11 is 0. The lowest BCUT2D eigenvalue weighted by molar-refractivity contribution is 0.754. The maximum absolute atomic E-state index is 4.82. The van der Waals surface area contributed by atoms with Crippen molar-refractivity contribution in [1.29, 1.82) is 0 Å². The standard InChI is InChI=1S/C29H24N2/c1-31(2)21-14-11-19(12-15-21)18-30-20-13-16-26-27(17-20)29-24-9-5-3-7-22(24)28(26)23-8-4-6-10-25(23)29/h3-18,28-29H,1-2H3. The molecule has 150 valence electrons. The van der Waals surface area contributed by atoms with Gasteiger partial charge < -0.3 is 4.90 Å². The largest absolute Gasteiger partial charge is 0.378 e. The molecule has 0 heterocycles. The molecule has 0 aromatic heterocycles. The van der Waals surface area contributed by atoms with Gasteiger partial charge in [-0.05, 0) is 63.2 Å². The van der Waals surface area contributed by atoms with Gasteiger partial charge in [0.1, 0.15) is 0 Å². The number of aliphatic imine (C=N–C) groups is 1. The molecule has 3 aliphatic rings. The van der Waals surface area contributed by atoms with E-state index >= 15 is 0 Å². The van der Waals surface area contributed by atoms with Gasteiger partial charge in [-0.3, -0.25) is 4.99 Å². The van der Waals surface area contributed by atoms with Gasteiger partial charge in [-0.1, -0.05) is 66.7 Å². The predicted molar refractivity (Wildman–Crippen MR) is 129 cm³/mol. The summed E-state index contributed by atoms with van der Waals surface area (Å²) in [6.45, 7) is 0. The van der Waals surface area contributed by atoms with Crippen molar-refractivity contribution in [3.63, 3.8) is 0 Å². The second-order valence-corrected chi connectivity index (χ2v) is 8.68. The molecule has 7 rings (SSSR count). The van der Waals surface area contributed by atoms with E-state index in [-0.39, 0.29) is 0 Å². The number of nitrogens with zero attached hydrogens (tertiary/aromatic N) is 2. The number of anilines is 1. The van der Waals surface area contributed by atoms with Gasteiger partial charge >= 0.3 is 0 Å². The highest BCUT2D eigenvalue weighted by Gasteiger charge is 2.40. The van der Waals surface area contributed by atoms with Crippen LogP contribution in [0, 0.1) is 0 Å². The topological polar surface area (TPSA) is 15.6 Å². The van der Waals surface area contributed by atoms with Crippen LogP contribution in [0.25, 0.3) is 0 Å². The molecule has 0 amide bonds. The fourth-order valence-corrected chi connectivity index (χ4v) is 5.24. The molecule has 0 atom stereocenters. The number of rotatable bonds is 3. The minimum absolute atomic E-state index is 0.293. The van der Waals surface area contributed by atoms with Crippen LogP contribution >= 0.6 is 0 Å². The fourth-order valence-electron chi connectivity index (χ4n) is 5.24. The van der Waals surface area contributed by atoms with E-state index in [9.17, 15) is 0 Å². The first-order chi connectivity index (χ1) is 15.2. The highest BCUT2D eigenvalue weighted by molar-refractivity contribution is 5.83. The second kappa shape index (κ2) is 6.95. The Bertz CT molecular complexity index is 1270. The van der Waals surface area contributed by atoms with Crippen LogP contribution in [0.3, 0.4) is 0 Å². The highest BCUT2D eigenvalue weighted by Crippen LogP contribution is 2.55. The van der Waals surface area contributed by atoms with Gasteiger partial charge in [0.05, 0.1) is 5.69 Å². The van der Waals surface area contributed by atoms with Gasteiger partial charge in [0.2, 0.25) is 0 Å². The summed E-state index contributed by atoms with van der Waals surface area (Å²) in [5.41, 5.74) is 11.9. The lowest BCUT2D eigenvalue weighted by atomic mass is 9.61. The van der Waals surface area contributed by atoms with Crippen molar-refractivity contribution < 1.29 is 0 Å². The van der Waals surface area contributed by atoms with Crippen LogP contribution < -0.4 is 4.90 Å². The molecule has 31 heavy (non-hydrogen) atoms. The van der Waals surface area contributed by atoms with Crippen molar-refractivity contribution in [1.82, 2.24) is 0 Å². The van der Waals surface area contributed by atoms with Gasteiger partial charge in [-0.15, -0.1) is 0 Å². The molecule has 4 aromatic rings. The summed E-state index contributed by atoms with van der Waals surface area (Å²) < 4.78 is 0. The first-order valence-electron chi connectivity index (χ1n) is 10.8. The zero-order chi connectivity index (χ0) is 20.9. The Kier molecular flexibility index (Phi) is 4.07. The Labute approximate surface area is 183 Å². The Balaban J connectivity index is 1.41. The number of benzene rings is 4. The molecule has 4 aromatic carbocycles. The third-order valence-electron chi connectivity index (χ3n) is 6.70. The van der Waals surface area contributed by atoms with Crippen molar-refractivity contribution in [2.45, 2.75) is 11.8 Å². The van der Waals surface area contributed by atoms with E-state index in [1.807, 2.05) is 6.21 Å². The maximum Gasteiger partial charge on any atom is 0.0633 e. The van der Waals surface area contributed by atoms with Gasteiger partial charge in [-0.2, -0.15) is 0 Å². The quantitative estimate of drug-likeness (QED) is 0.310. The SMILES string of the molecule is CN(C)c1ccc(C=Nc2ccc3c(c2)C2c4ccccc4C3c3ccccc32)cc1. The summed E-state index contributed by atoms with van der Waals surface area (Å²) in [6, 6.07) is 33.1. The normalized spacial score (nSPS) is 17.9. The van der Waals surface area contributed by atoms with E-state index in [0.29, 0.717) is 11.8 Å². The van der Waals surface area contributed by atoms with E-state index in [1.54, 1.807) is 0 Å². The molecule has 3 aliphatic carbocycles. The lowest BCUT2D eigenvalue weighted by Gasteiger charge is -2.42. The van der Waals surface area contributed by atoms with E-state index in [1.165, 1.54) is 39.1 Å². The molecule has 0 saturated heterocycles. The zero-order valence-electron chi connectivity index (χ0n) is 17.8. The molecule has 2 nitrogen and oxygen atoms in total. The summed E-state index contributed by atoms with van der Waals surface area (Å²) in [5.74, 6) is 0.617. The smallest absolute Gasteiger partial charge is 0.0633 e. The van der Waals surface area contributed by atoms with Crippen LogP contribution in [0.5, 0.6) is 0 Å². The Morgan fingerprint density at radius 2 is 1.13 bits per heavy atom. The Morgan fingerprint density at radius 3 is 1.68 bits per heavy atom. The summed E-state index contributed by atoms with van der Waals surface area (Å²) in [7, 11) is 4.11. The molecule has 0 N–H and O–H groups in total. The molecular weight excluding hydrogens is 376 g/mol. The van der Waals surface area contributed by atoms with E-state index < -0.39 is 0 Å². The van der Waals surface area contributed by atoms with Crippen molar-refractivity contribution >= 4 is 17.6 Å². The second-order valence-electron chi connectivity index (χ2n) is 8.68. The van der Waals surface area contributed by atoms with Crippen LogP contribution in [-0.2, 0) is 0 Å². The van der Waals surface area contributed by atoms with E-state index in [2.05, 4.69) is 110 Å². The third-order valence-corrected chi connectivity index (χ3v) is 6.70. The van der Waals surface area contributed by atoms with Crippen molar-refractivity contribution in [2.75, 3.05) is 19.0 Å². The molecule has 0 unspecified atom stereocenters. The first kappa shape index (κ1) is 18.1. The Hall–Kier alpha value is -3.65. The molecule has 2 heteroatoms. The number of hydrogen-bond donors (Lipinski definition) is 0. The van der Waals surface area contributed by atoms with Crippen LogP contribution in [0.2, 0.25) is 0 Å². The van der Waals surface area contributed by atoms with Crippen LogP contribution in [-0.4, -0.2) is 20.3 Å². The first-order valence-corrected chi connectivity index (χ1v) is 10.8. The van der Waals surface area contributed by atoms with Crippen molar-refractivity contribution in [2.24, 2.45) is 4.99 Å². The summed E-state index contributed by atoms with van der Waals surface area (Å²) in [5, 5.41) is 0. The molecule has 0 radical (unpaired) electrons. The monoisotopic (exact) mass is 400 g/mol. The van der Waals surface area contributed by atoms with Crippen molar-refractivity contribution in [3.8, 4) is 0 Å². The zero-order valence-corrected chi connectivity index (χ0v) is 17.8. The molecule has 0 fully saturated rings. The Morgan fingerprint density at radius 1 is 0.613 bits per heavy atom. The van der Waals surface area contributed by atoms with Gasteiger partial charge in [0, 0.05) is 37.8 Å². The van der Waals surface area contributed by atoms with E-state index in [0.717, 1.165) is 11.3 Å². The summed E-state index contributed by atoms with van der Waals surface area (Å²) in [6.07, 6.45) is 1.96. The summed E-state index contributed by atoms with van der Waals surface area (Å²) in [4.78, 5) is 6.92. The van der Waals surface area contributed by atoms with Crippen molar-refractivity contribution in [3.05, 3.63) is 130 Å². The lowest BCUT2D eigenvalue weighted by Crippen LogP contribution is -2.27. The minimum atomic E-state index is 0.293. The number of hydrogen-bond acceptors (Lipinski definition) is 2. The van der Waals surface area contributed by atoms with Gasteiger partial charge in [-0.25, -0.2) is 0 Å². The molecule has 0 saturated carbocycles. The third kappa shape index (κ3) is 2.83. The molecule has 0 aliphatic heterocycles. The predicted octanol–water partition coefficient (Wildman–Crippen LogP) is 6.49. The van der Waals surface area contributed by atoms with Crippen LogP contribution in [0.4, 0.5) is 11.4 Å². The van der Waals surface area contributed by atoms with Crippen LogP contribution in [0.1, 0.15) is 50.8 Å². The fraction of sp³-hybridized carbons (Fsp3) is 0.138. The van der Waals surface area contributed by atoms with Gasteiger partial charge in [0.25, 0.3) is 0 Å². The maximum atomic E-state index is 4.82. The van der Waals surface area contributed by atoms with E-state index in [4.69, 9.17) is 4.99 Å². The average molecular weight is 401 g/mol. The highest BCUT2D eigenvalue weighted by atomic mass is 15.1.